The highest BCUT2D eigenvalue weighted by Crippen LogP contribution is 2.41. The fourth-order valence-electron chi connectivity index (χ4n) is 2.00. The third kappa shape index (κ3) is 2.03. The highest BCUT2D eigenvalue weighted by molar-refractivity contribution is 5.22. The van der Waals surface area contributed by atoms with Crippen molar-refractivity contribution in [1.29, 1.82) is 0 Å². The first kappa shape index (κ1) is 14.4. The van der Waals surface area contributed by atoms with Crippen molar-refractivity contribution in [2.75, 3.05) is 5.73 Å². The van der Waals surface area contributed by atoms with Crippen molar-refractivity contribution in [2.24, 2.45) is 0 Å². The first-order valence-electron chi connectivity index (χ1n) is 5.71. The van der Waals surface area contributed by atoms with Gasteiger partial charge in [0.1, 0.15) is 18.0 Å². The van der Waals surface area contributed by atoms with Gasteiger partial charge in [0, 0.05) is 0 Å². The predicted molar refractivity (Wildman–Crippen MR) is 65.0 cm³/mol. The van der Waals surface area contributed by atoms with Crippen LogP contribution in [-0.4, -0.2) is 49.0 Å². The lowest BCUT2D eigenvalue weighted by molar-refractivity contribution is -0.0849. The number of aliphatic hydroxyl groups excluding tert-OH is 2. The van der Waals surface area contributed by atoms with Crippen LogP contribution in [0.15, 0.2) is 11.0 Å². The van der Waals surface area contributed by atoms with Gasteiger partial charge in [0.2, 0.25) is 11.9 Å². The predicted octanol–water partition coefficient (Wildman–Crippen LogP) is -1.80. The number of nitrogens with two attached hydrogens (primary N) is 1. The minimum absolute atomic E-state index is 0.151. The van der Waals surface area contributed by atoms with Gasteiger partial charge in [-0.1, -0.05) is 5.92 Å². The van der Waals surface area contributed by atoms with E-state index >= 15 is 0 Å². The van der Waals surface area contributed by atoms with Gasteiger partial charge in [-0.3, -0.25) is 0 Å². The van der Waals surface area contributed by atoms with Gasteiger partial charge in [0.15, 0.2) is 0 Å². The molecule has 0 saturated carbocycles. The average molecular weight is 284 g/mol. The molecule has 1 saturated heterocycles. The maximum absolute atomic E-state index is 14.7. The second-order valence-corrected chi connectivity index (χ2v) is 4.46. The molecule has 0 radical (unpaired) electrons. The second kappa shape index (κ2) is 4.82. The normalized spacial score (nSPS) is 34.6. The van der Waals surface area contributed by atoms with E-state index in [9.17, 15) is 19.4 Å². The van der Waals surface area contributed by atoms with Gasteiger partial charge in [-0.05, 0) is 6.92 Å². The zero-order valence-corrected chi connectivity index (χ0v) is 10.5. The number of hydrogen-bond donors (Lipinski definition) is 3. The van der Waals surface area contributed by atoms with Crippen LogP contribution in [0.25, 0.3) is 0 Å². The Morgan fingerprint density at radius 1 is 1.75 bits per heavy atom. The van der Waals surface area contributed by atoms with Crippen LogP contribution >= 0.6 is 0 Å². The maximum atomic E-state index is 14.7. The number of terminal acetylenes is 1. The molecule has 8 nitrogen and oxygen atoms in total. The number of halogens is 1. The molecule has 0 bridgehead atoms. The highest BCUT2D eigenvalue weighted by Gasteiger charge is 2.59. The molecule has 1 fully saturated rings. The fraction of sp³-hybridized carbons (Fsp3) is 0.545. The van der Waals surface area contributed by atoms with Gasteiger partial charge in [-0.15, -0.1) is 6.42 Å². The number of alkyl halides is 1. The topological polar surface area (TPSA) is 123 Å². The van der Waals surface area contributed by atoms with E-state index in [1.807, 2.05) is 0 Å². The van der Waals surface area contributed by atoms with Crippen LogP contribution in [0.4, 0.5) is 10.2 Å². The number of nitrogen functional groups attached to an aromatic ring is 1. The van der Waals surface area contributed by atoms with E-state index in [1.165, 1.54) is 6.92 Å². The van der Waals surface area contributed by atoms with Crippen LogP contribution < -0.4 is 11.4 Å². The average Bonchev–Trinajstić information content (AvgIpc) is 2.64. The van der Waals surface area contributed by atoms with Crippen molar-refractivity contribution >= 4 is 5.82 Å². The minimum Gasteiger partial charge on any atom is -0.391 e. The number of aromatic nitrogens is 3. The summed E-state index contributed by atoms with van der Waals surface area (Å²) < 4.78 is 20.4. The van der Waals surface area contributed by atoms with Crippen LogP contribution in [-0.2, 0) is 4.74 Å². The molecule has 1 unspecified atom stereocenters. The molecule has 0 spiro atoms. The van der Waals surface area contributed by atoms with E-state index in [0.717, 1.165) is 6.20 Å². The number of rotatable bonds is 2. The van der Waals surface area contributed by atoms with E-state index in [-0.39, 0.29) is 5.82 Å². The van der Waals surface area contributed by atoms with Gasteiger partial charge in [0.05, 0.1) is 12.3 Å². The Bertz CT molecular complexity index is 613. The quantitative estimate of drug-likeness (QED) is 0.547. The summed E-state index contributed by atoms with van der Waals surface area (Å²) in [7, 11) is 0. The summed E-state index contributed by atoms with van der Waals surface area (Å²) in [5, 5.41) is 22.9. The first-order valence-corrected chi connectivity index (χ1v) is 5.71. The summed E-state index contributed by atoms with van der Waals surface area (Å²) in [6, 6.07) is 0. The van der Waals surface area contributed by atoms with Gasteiger partial charge in [0.25, 0.3) is 0 Å². The van der Waals surface area contributed by atoms with Crippen molar-refractivity contribution in [3.8, 4) is 12.3 Å². The Morgan fingerprint density at radius 2 is 2.40 bits per heavy atom. The molecule has 20 heavy (non-hydrogen) atoms. The Kier molecular flexibility index (Phi) is 3.47. The summed E-state index contributed by atoms with van der Waals surface area (Å²) >= 11 is 0. The maximum Gasteiger partial charge on any atom is 0.368 e. The van der Waals surface area contributed by atoms with Crippen LogP contribution in [0.5, 0.6) is 0 Å². The van der Waals surface area contributed by atoms with Crippen LogP contribution in [0.1, 0.15) is 13.2 Å². The Labute approximate surface area is 113 Å². The molecule has 2 heterocycles. The number of ether oxygens (including phenoxy) is 1. The van der Waals surface area contributed by atoms with Crippen molar-refractivity contribution in [1.82, 2.24) is 14.8 Å². The van der Waals surface area contributed by atoms with Crippen molar-refractivity contribution in [3.63, 3.8) is 0 Å². The van der Waals surface area contributed by atoms with Gasteiger partial charge >= 0.3 is 5.69 Å². The highest BCUT2D eigenvalue weighted by atomic mass is 19.1. The van der Waals surface area contributed by atoms with Crippen molar-refractivity contribution < 1.29 is 19.3 Å². The Morgan fingerprint density at radius 3 is 2.90 bits per heavy atom. The minimum atomic E-state index is -2.73. The smallest absolute Gasteiger partial charge is 0.368 e. The van der Waals surface area contributed by atoms with E-state index in [0.29, 0.717) is 4.68 Å². The van der Waals surface area contributed by atoms with Gasteiger partial charge in [-0.2, -0.15) is 14.8 Å². The number of nitrogens with zero attached hydrogens (tertiary/aromatic N) is 3. The third-order valence-corrected chi connectivity index (χ3v) is 3.04. The summed E-state index contributed by atoms with van der Waals surface area (Å²) in [6.45, 7) is 1.30. The van der Waals surface area contributed by atoms with E-state index in [1.54, 1.807) is 5.92 Å². The molecule has 0 aromatic carbocycles. The zero-order valence-electron chi connectivity index (χ0n) is 10.5. The van der Waals surface area contributed by atoms with Gasteiger partial charge in [-0.25, -0.2) is 9.18 Å². The Balaban J connectivity index is 2.50. The standard InChI is InChI=1S/C11H13FN4O4/c1-3-11(12)8(18)7(5(2)17)20-9(11)16-10(19)15-6(13)4-14-16/h1,4-5,7-9,17-18H,2H3,(H2,13,15,19)/t5-,7-,8+,9-,11?/m1/s1. The lowest BCUT2D eigenvalue weighted by atomic mass is 9.95. The van der Waals surface area contributed by atoms with Crippen molar-refractivity contribution in [3.05, 3.63) is 16.7 Å². The summed E-state index contributed by atoms with van der Waals surface area (Å²) in [6.07, 6.45) is 0.0925. The van der Waals surface area contributed by atoms with Crippen LogP contribution in [0.2, 0.25) is 0 Å². The monoisotopic (exact) mass is 284 g/mol. The van der Waals surface area contributed by atoms with E-state index in [4.69, 9.17) is 16.9 Å². The lowest BCUT2D eigenvalue weighted by Gasteiger charge is -2.22. The molecule has 0 amide bonds. The summed E-state index contributed by atoms with van der Waals surface area (Å²) in [5.74, 6) is 1.60. The summed E-state index contributed by atoms with van der Waals surface area (Å²) in [4.78, 5) is 15.0. The Hall–Kier alpha value is -2.02. The molecular weight excluding hydrogens is 271 g/mol. The molecule has 5 atom stereocenters. The second-order valence-electron chi connectivity index (χ2n) is 4.46. The molecule has 1 aromatic heterocycles. The zero-order chi connectivity index (χ0) is 15.1. The fourth-order valence-corrected chi connectivity index (χ4v) is 2.00. The van der Waals surface area contributed by atoms with Crippen LogP contribution in [0.3, 0.4) is 0 Å². The van der Waals surface area contributed by atoms with E-state index in [2.05, 4.69) is 10.1 Å². The van der Waals surface area contributed by atoms with Crippen molar-refractivity contribution in [2.45, 2.75) is 37.1 Å². The third-order valence-electron chi connectivity index (χ3n) is 3.04. The molecular formula is C11H13FN4O4. The molecule has 108 valence electrons. The van der Waals surface area contributed by atoms with Crippen LogP contribution in [0, 0.1) is 12.3 Å². The molecule has 1 aromatic rings. The molecule has 0 aliphatic carbocycles. The largest absolute Gasteiger partial charge is 0.391 e. The molecule has 1 aliphatic rings. The number of anilines is 1. The number of aliphatic hydroxyl groups is 2. The first-order chi connectivity index (χ1) is 9.31. The molecule has 2 rings (SSSR count). The number of hydrogen-bond acceptors (Lipinski definition) is 7. The SMILES string of the molecule is C#CC1(F)[C@@H](O)[C@@H]([C@@H](C)O)O[C@H]1n1ncc(N)nc1=O. The molecule has 9 heteroatoms. The molecule has 1 aliphatic heterocycles. The summed E-state index contributed by atoms with van der Waals surface area (Å²) in [5.41, 5.74) is 1.57. The lowest BCUT2D eigenvalue weighted by Crippen LogP contribution is -2.46. The molecule has 4 N–H and O–H groups in total. The van der Waals surface area contributed by atoms with E-state index < -0.39 is 35.9 Å². The van der Waals surface area contributed by atoms with Gasteiger partial charge < -0.3 is 20.7 Å².